The second-order valence-corrected chi connectivity index (χ2v) is 7.22. The highest BCUT2D eigenvalue weighted by Crippen LogP contribution is 2.31. The van der Waals surface area contributed by atoms with Crippen LogP contribution in [0.25, 0.3) is 0 Å². The molecular weight excluding hydrogens is 423 g/mol. The number of amides is 1. The maximum Gasteiger partial charge on any atom is 0.416 e. The Hall–Kier alpha value is -3.47. The average molecular weight is 437 g/mol. The molecule has 3 aromatic rings. The molecule has 0 aliphatic rings. The van der Waals surface area contributed by atoms with E-state index in [1.165, 1.54) is 31.5 Å². The van der Waals surface area contributed by atoms with Gasteiger partial charge in [0.25, 0.3) is 5.91 Å². The third-order valence-electron chi connectivity index (χ3n) is 4.04. The number of carbonyl (C=O) groups excluding carboxylic acids is 1. The summed E-state index contributed by atoms with van der Waals surface area (Å²) in [6.45, 7) is 0. The number of anilines is 1. The van der Waals surface area contributed by atoms with Gasteiger partial charge in [0.05, 0.1) is 17.6 Å². The van der Waals surface area contributed by atoms with Crippen LogP contribution >= 0.6 is 11.3 Å². The first-order chi connectivity index (χ1) is 14.2. The van der Waals surface area contributed by atoms with Gasteiger partial charge in [-0.25, -0.2) is 4.98 Å². The molecule has 0 atom stereocenters. The molecule has 0 radical (unpaired) electrons. The Labute approximate surface area is 172 Å². The van der Waals surface area contributed by atoms with Crippen LogP contribution in [-0.4, -0.2) is 22.9 Å². The normalized spacial score (nSPS) is 11.2. The van der Waals surface area contributed by atoms with Crippen molar-refractivity contribution < 1.29 is 27.6 Å². The molecule has 3 rings (SSSR count). The number of alkyl halides is 3. The highest BCUT2D eigenvalue weighted by molar-refractivity contribution is 7.15. The summed E-state index contributed by atoms with van der Waals surface area (Å²) in [5.41, 5.74) is -0.595. The molecule has 11 heteroatoms. The van der Waals surface area contributed by atoms with Gasteiger partial charge in [0, 0.05) is 29.1 Å². The van der Waals surface area contributed by atoms with Crippen LogP contribution in [0.15, 0.2) is 48.7 Å². The molecule has 1 N–H and O–H groups in total. The zero-order valence-electron chi connectivity index (χ0n) is 15.4. The maximum atomic E-state index is 12.8. The van der Waals surface area contributed by atoms with Crippen LogP contribution in [0.4, 0.5) is 24.0 Å². The number of hydrogen-bond donors (Lipinski definition) is 1. The van der Waals surface area contributed by atoms with Crippen molar-refractivity contribution in [1.82, 2.24) is 4.98 Å². The highest BCUT2D eigenvalue weighted by Gasteiger charge is 2.30. The number of hydrogen-bond acceptors (Lipinski definition) is 6. The molecule has 0 saturated heterocycles. The third kappa shape index (κ3) is 4.92. The van der Waals surface area contributed by atoms with Gasteiger partial charge >= 0.3 is 11.9 Å². The van der Waals surface area contributed by atoms with E-state index in [0.717, 1.165) is 29.5 Å². The number of methoxy groups -OCH3 is 1. The van der Waals surface area contributed by atoms with Gasteiger partial charge in [-0.3, -0.25) is 20.2 Å². The molecule has 0 unspecified atom stereocenters. The molecule has 0 bridgehead atoms. The second kappa shape index (κ2) is 8.49. The summed E-state index contributed by atoms with van der Waals surface area (Å²) in [4.78, 5) is 27.5. The van der Waals surface area contributed by atoms with E-state index >= 15 is 0 Å². The quantitative estimate of drug-likeness (QED) is 0.436. The van der Waals surface area contributed by atoms with Crippen molar-refractivity contribution in [2.45, 2.75) is 12.6 Å². The van der Waals surface area contributed by atoms with E-state index in [4.69, 9.17) is 4.74 Å². The Morgan fingerprint density at radius 2 is 2.03 bits per heavy atom. The lowest BCUT2D eigenvalue weighted by molar-refractivity contribution is -0.385. The van der Waals surface area contributed by atoms with E-state index in [9.17, 15) is 28.1 Å². The van der Waals surface area contributed by atoms with Gasteiger partial charge in [0.15, 0.2) is 10.9 Å². The molecule has 0 saturated carbocycles. The first-order valence-electron chi connectivity index (χ1n) is 8.42. The van der Waals surface area contributed by atoms with Crippen molar-refractivity contribution in [3.63, 3.8) is 0 Å². The minimum Gasteiger partial charge on any atom is -0.490 e. The predicted octanol–water partition coefficient (Wildman–Crippen LogP) is 4.92. The van der Waals surface area contributed by atoms with E-state index in [-0.39, 0.29) is 28.6 Å². The summed E-state index contributed by atoms with van der Waals surface area (Å²) in [5.74, 6) is -0.588. The number of nitro benzene ring substituents is 1. The molecule has 1 heterocycles. The Morgan fingerprint density at radius 1 is 1.27 bits per heavy atom. The minimum atomic E-state index is -4.43. The summed E-state index contributed by atoms with van der Waals surface area (Å²) in [5, 5.41) is 13.8. The Bertz CT molecular complexity index is 1100. The molecule has 0 aliphatic carbocycles. The molecule has 0 aliphatic heterocycles. The van der Waals surface area contributed by atoms with Gasteiger partial charge in [-0.1, -0.05) is 18.2 Å². The molecule has 7 nitrogen and oxygen atoms in total. The van der Waals surface area contributed by atoms with Crippen molar-refractivity contribution in [2.75, 3.05) is 12.4 Å². The fourth-order valence-corrected chi connectivity index (χ4v) is 3.49. The topological polar surface area (TPSA) is 94.4 Å². The second-order valence-electron chi connectivity index (χ2n) is 6.10. The highest BCUT2D eigenvalue weighted by atomic mass is 32.1. The van der Waals surface area contributed by atoms with Gasteiger partial charge in [-0.15, -0.1) is 11.3 Å². The number of thiazole rings is 1. The molecule has 0 spiro atoms. The van der Waals surface area contributed by atoms with Crippen molar-refractivity contribution in [3.05, 3.63) is 80.3 Å². The molecule has 156 valence electrons. The Balaban J connectivity index is 1.72. The summed E-state index contributed by atoms with van der Waals surface area (Å²) < 4.78 is 43.4. The first-order valence-corrected chi connectivity index (χ1v) is 9.23. The van der Waals surface area contributed by atoms with E-state index in [1.54, 1.807) is 6.07 Å². The number of aromatic nitrogens is 1. The van der Waals surface area contributed by atoms with Gasteiger partial charge in [0.2, 0.25) is 0 Å². The van der Waals surface area contributed by atoms with E-state index in [2.05, 4.69) is 10.3 Å². The number of nitro groups is 1. The van der Waals surface area contributed by atoms with E-state index in [1.807, 2.05) is 0 Å². The molecule has 30 heavy (non-hydrogen) atoms. The van der Waals surface area contributed by atoms with Crippen LogP contribution in [0.5, 0.6) is 5.75 Å². The van der Waals surface area contributed by atoms with Crippen molar-refractivity contribution >= 4 is 28.1 Å². The first kappa shape index (κ1) is 21.2. The number of carbonyl (C=O) groups is 1. The van der Waals surface area contributed by atoms with Gasteiger partial charge in [0.1, 0.15) is 0 Å². The monoisotopic (exact) mass is 437 g/mol. The smallest absolute Gasteiger partial charge is 0.416 e. The van der Waals surface area contributed by atoms with Gasteiger partial charge < -0.3 is 4.74 Å². The maximum absolute atomic E-state index is 12.8. The summed E-state index contributed by atoms with van der Waals surface area (Å²) in [6, 6.07) is 8.74. The van der Waals surface area contributed by atoms with Crippen LogP contribution in [0.3, 0.4) is 0 Å². The van der Waals surface area contributed by atoms with Crippen molar-refractivity contribution in [1.29, 1.82) is 0 Å². The summed E-state index contributed by atoms with van der Waals surface area (Å²) in [7, 11) is 1.28. The van der Waals surface area contributed by atoms with Gasteiger partial charge in [-0.05, 0) is 23.8 Å². The van der Waals surface area contributed by atoms with Crippen molar-refractivity contribution in [3.8, 4) is 5.75 Å². The molecule has 0 fully saturated rings. The number of nitrogens with one attached hydrogen (secondary N) is 1. The van der Waals surface area contributed by atoms with E-state index in [0.29, 0.717) is 10.4 Å². The van der Waals surface area contributed by atoms with Crippen LogP contribution < -0.4 is 10.1 Å². The Kier molecular flexibility index (Phi) is 6.01. The number of rotatable bonds is 6. The number of nitrogens with zero attached hydrogens (tertiary/aromatic N) is 2. The fraction of sp³-hybridized carbons (Fsp3) is 0.158. The van der Waals surface area contributed by atoms with Gasteiger partial charge in [-0.2, -0.15) is 13.2 Å². The predicted molar refractivity (Wildman–Crippen MR) is 104 cm³/mol. The number of ether oxygens (including phenoxy) is 1. The van der Waals surface area contributed by atoms with Crippen LogP contribution in [0.1, 0.15) is 26.4 Å². The summed E-state index contributed by atoms with van der Waals surface area (Å²) >= 11 is 1.10. The van der Waals surface area contributed by atoms with Crippen LogP contribution in [-0.2, 0) is 12.6 Å². The molecular formula is C19H14F3N3O4S. The molecule has 2 aromatic carbocycles. The Morgan fingerprint density at radius 3 is 2.70 bits per heavy atom. The van der Waals surface area contributed by atoms with Crippen LogP contribution in [0, 0.1) is 10.1 Å². The zero-order valence-corrected chi connectivity index (χ0v) is 16.2. The van der Waals surface area contributed by atoms with Crippen molar-refractivity contribution in [2.24, 2.45) is 0 Å². The lowest BCUT2D eigenvalue weighted by Gasteiger charge is -2.07. The fourth-order valence-electron chi connectivity index (χ4n) is 2.65. The third-order valence-corrected chi connectivity index (χ3v) is 4.96. The molecule has 1 aromatic heterocycles. The minimum absolute atomic E-state index is 0.0224. The zero-order chi connectivity index (χ0) is 21.9. The van der Waals surface area contributed by atoms with E-state index < -0.39 is 22.6 Å². The standard InChI is InChI=1S/C19H14F3N3O4S/c1-29-16-6-5-12(9-15(16)25(27)28)17(26)24-18-23-10-14(30-18)8-11-3-2-4-13(7-11)19(20,21)22/h2-7,9-10H,8H2,1H3,(H,23,24,26). The lowest BCUT2D eigenvalue weighted by Crippen LogP contribution is -2.12. The number of benzene rings is 2. The largest absolute Gasteiger partial charge is 0.490 e. The molecule has 1 amide bonds. The summed E-state index contributed by atoms with van der Waals surface area (Å²) in [6.07, 6.45) is -2.76. The lowest BCUT2D eigenvalue weighted by atomic mass is 10.1. The van der Waals surface area contributed by atoms with Crippen LogP contribution in [0.2, 0.25) is 0 Å². The average Bonchev–Trinajstić information content (AvgIpc) is 3.13. The number of halogens is 3. The SMILES string of the molecule is COc1ccc(C(=O)Nc2ncc(Cc3cccc(C(F)(F)F)c3)s2)cc1[N+](=O)[O-].